The molecule has 3 heteroatoms. The molecule has 2 aromatic carbocycles. The molecule has 1 unspecified atom stereocenters. The van der Waals surface area contributed by atoms with Crippen LogP contribution >= 0.6 is 12.4 Å². The van der Waals surface area contributed by atoms with Crippen LogP contribution in [0.1, 0.15) is 24.5 Å². The Kier molecular flexibility index (Phi) is 4.15. The van der Waals surface area contributed by atoms with E-state index in [1.807, 2.05) is 43.3 Å². The molecule has 1 heterocycles. The molecule has 0 spiro atoms. The van der Waals surface area contributed by atoms with E-state index in [4.69, 9.17) is 10.1 Å². The van der Waals surface area contributed by atoms with E-state index in [1.54, 1.807) is 0 Å². The highest BCUT2D eigenvalue weighted by Gasteiger charge is 2.47. The van der Waals surface area contributed by atoms with Crippen LogP contribution in [0.25, 0.3) is 0 Å². The maximum absolute atomic E-state index is 8.34. The summed E-state index contributed by atoms with van der Waals surface area (Å²) >= 11 is 0. The average Bonchev–Trinajstić information content (AvgIpc) is 2.76. The zero-order valence-corrected chi connectivity index (χ0v) is 12.2. The van der Waals surface area contributed by atoms with E-state index in [0.29, 0.717) is 5.90 Å². The highest BCUT2D eigenvalue weighted by atomic mass is 35.5. The lowest BCUT2D eigenvalue weighted by Crippen LogP contribution is -2.32. The summed E-state index contributed by atoms with van der Waals surface area (Å²) in [7, 11) is 0. The zero-order chi connectivity index (χ0) is 13.3. The monoisotopic (exact) mass is 287 g/mol. The summed E-state index contributed by atoms with van der Waals surface area (Å²) in [5, 5.41) is 8.34. The van der Waals surface area contributed by atoms with Crippen LogP contribution in [0.2, 0.25) is 0 Å². The van der Waals surface area contributed by atoms with Gasteiger partial charge in [0.2, 0.25) is 0 Å². The molecule has 1 N–H and O–H groups in total. The van der Waals surface area contributed by atoms with Crippen LogP contribution in [0.15, 0.2) is 60.7 Å². The summed E-state index contributed by atoms with van der Waals surface area (Å²) < 4.78 is 5.67. The number of hydrogen-bond donors (Lipinski definition) is 1. The van der Waals surface area contributed by atoms with Gasteiger partial charge in [-0.05, 0) is 18.1 Å². The van der Waals surface area contributed by atoms with Gasteiger partial charge in [0.05, 0.1) is 11.5 Å². The first-order valence-electron chi connectivity index (χ1n) is 6.60. The second kappa shape index (κ2) is 5.68. The summed E-state index contributed by atoms with van der Waals surface area (Å²) in [5.74, 6) is 0.359. The SMILES string of the molecule is CC1CC(c2ccccc2)(c2ccccc2)C(=N)O1.Cl. The number of ether oxygens (including phenoxy) is 1. The van der Waals surface area contributed by atoms with Crippen molar-refractivity contribution in [2.75, 3.05) is 0 Å². The maximum atomic E-state index is 8.34. The first kappa shape index (κ1) is 14.6. The number of rotatable bonds is 2. The molecule has 0 aromatic heterocycles. The largest absolute Gasteiger partial charge is 0.477 e. The van der Waals surface area contributed by atoms with Crippen molar-refractivity contribution in [1.82, 2.24) is 0 Å². The molecule has 1 fully saturated rings. The molecule has 3 rings (SSSR count). The molecule has 1 saturated heterocycles. The van der Waals surface area contributed by atoms with Crippen LogP contribution in [0, 0.1) is 5.41 Å². The van der Waals surface area contributed by atoms with E-state index >= 15 is 0 Å². The summed E-state index contributed by atoms with van der Waals surface area (Å²) in [5.41, 5.74) is 1.84. The Morgan fingerprint density at radius 3 is 1.75 bits per heavy atom. The number of nitrogens with one attached hydrogen (secondary N) is 1. The van der Waals surface area contributed by atoms with Gasteiger partial charge in [-0.15, -0.1) is 12.4 Å². The van der Waals surface area contributed by atoms with Gasteiger partial charge in [-0.25, -0.2) is 0 Å². The highest BCUT2D eigenvalue weighted by molar-refractivity contribution is 5.91. The molecule has 1 atom stereocenters. The zero-order valence-electron chi connectivity index (χ0n) is 11.4. The Hall–Kier alpha value is -1.80. The molecule has 0 saturated carbocycles. The highest BCUT2D eigenvalue weighted by Crippen LogP contribution is 2.43. The normalized spacial score (nSPS) is 20.1. The van der Waals surface area contributed by atoms with Crippen molar-refractivity contribution >= 4 is 18.3 Å². The van der Waals surface area contributed by atoms with Gasteiger partial charge in [0.25, 0.3) is 0 Å². The topological polar surface area (TPSA) is 33.1 Å². The van der Waals surface area contributed by atoms with Crippen LogP contribution in [0.5, 0.6) is 0 Å². The molecule has 0 aliphatic carbocycles. The van der Waals surface area contributed by atoms with Crippen LogP contribution < -0.4 is 0 Å². The summed E-state index contributed by atoms with van der Waals surface area (Å²) in [6.45, 7) is 2.03. The van der Waals surface area contributed by atoms with Crippen molar-refractivity contribution < 1.29 is 4.74 Å². The first-order chi connectivity index (χ1) is 9.23. The first-order valence-corrected chi connectivity index (χ1v) is 6.60. The predicted molar refractivity (Wildman–Crippen MR) is 83.8 cm³/mol. The van der Waals surface area contributed by atoms with Crippen molar-refractivity contribution in [2.45, 2.75) is 24.9 Å². The molecular formula is C17H18ClNO. The lowest BCUT2D eigenvalue weighted by atomic mass is 9.72. The van der Waals surface area contributed by atoms with Gasteiger partial charge in [0.1, 0.15) is 0 Å². The standard InChI is InChI=1S/C17H17NO.ClH/c1-13-12-17(16(18)19-13,14-8-4-2-5-9-14)15-10-6-3-7-11-15;/h2-11,13,18H,12H2,1H3;1H. The molecule has 2 nitrogen and oxygen atoms in total. The smallest absolute Gasteiger partial charge is 0.196 e. The molecule has 0 radical (unpaired) electrons. The lowest BCUT2D eigenvalue weighted by molar-refractivity contribution is 0.238. The fraction of sp³-hybridized carbons (Fsp3) is 0.235. The van der Waals surface area contributed by atoms with Gasteiger partial charge in [-0.2, -0.15) is 0 Å². The van der Waals surface area contributed by atoms with Crippen molar-refractivity contribution in [1.29, 1.82) is 5.41 Å². The molecule has 0 bridgehead atoms. The van der Waals surface area contributed by atoms with Gasteiger partial charge >= 0.3 is 0 Å². The molecule has 20 heavy (non-hydrogen) atoms. The number of halogens is 1. The van der Waals surface area contributed by atoms with E-state index in [2.05, 4.69) is 24.3 Å². The average molecular weight is 288 g/mol. The van der Waals surface area contributed by atoms with Crippen molar-refractivity contribution in [2.24, 2.45) is 0 Å². The van der Waals surface area contributed by atoms with Crippen LogP contribution in [-0.4, -0.2) is 12.0 Å². The van der Waals surface area contributed by atoms with Gasteiger partial charge in [0, 0.05) is 6.42 Å². The fourth-order valence-electron chi connectivity index (χ4n) is 2.98. The Labute approximate surface area is 125 Å². The van der Waals surface area contributed by atoms with E-state index in [0.717, 1.165) is 17.5 Å². The molecule has 2 aromatic rings. The minimum Gasteiger partial charge on any atom is -0.477 e. The van der Waals surface area contributed by atoms with Gasteiger partial charge in [0.15, 0.2) is 5.90 Å². The summed E-state index contributed by atoms with van der Waals surface area (Å²) in [4.78, 5) is 0. The van der Waals surface area contributed by atoms with E-state index in [-0.39, 0.29) is 18.5 Å². The van der Waals surface area contributed by atoms with E-state index in [1.165, 1.54) is 0 Å². The maximum Gasteiger partial charge on any atom is 0.196 e. The Balaban J connectivity index is 0.00000147. The molecule has 1 aliphatic heterocycles. The second-order valence-electron chi connectivity index (χ2n) is 5.10. The van der Waals surface area contributed by atoms with Crippen LogP contribution in [0.4, 0.5) is 0 Å². The minimum absolute atomic E-state index is 0. The van der Waals surface area contributed by atoms with Crippen molar-refractivity contribution in [3.8, 4) is 0 Å². The van der Waals surface area contributed by atoms with E-state index < -0.39 is 5.41 Å². The van der Waals surface area contributed by atoms with Gasteiger partial charge in [-0.3, -0.25) is 5.41 Å². The third-order valence-corrected chi connectivity index (χ3v) is 3.83. The van der Waals surface area contributed by atoms with Crippen LogP contribution in [0.3, 0.4) is 0 Å². The van der Waals surface area contributed by atoms with Crippen molar-refractivity contribution in [3.63, 3.8) is 0 Å². The van der Waals surface area contributed by atoms with Gasteiger partial charge in [-0.1, -0.05) is 60.7 Å². The minimum atomic E-state index is -0.429. The lowest BCUT2D eigenvalue weighted by Gasteiger charge is -2.28. The van der Waals surface area contributed by atoms with E-state index in [9.17, 15) is 0 Å². The Morgan fingerprint density at radius 2 is 1.40 bits per heavy atom. The third-order valence-electron chi connectivity index (χ3n) is 3.83. The summed E-state index contributed by atoms with van der Waals surface area (Å²) in [6.07, 6.45) is 0.896. The predicted octanol–water partition coefficient (Wildman–Crippen LogP) is 4.18. The Morgan fingerprint density at radius 1 is 0.950 bits per heavy atom. The quantitative estimate of drug-likeness (QED) is 0.883. The molecule has 104 valence electrons. The molecule has 0 amide bonds. The fourth-order valence-corrected chi connectivity index (χ4v) is 2.98. The third kappa shape index (κ3) is 2.20. The van der Waals surface area contributed by atoms with Gasteiger partial charge < -0.3 is 4.74 Å². The Bertz CT molecular complexity index is 543. The number of hydrogen-bond acceptors (Lipinski definition) is 2. The summed E-state index contributed by atoms with van der Waals surface area (Å²) in [6, 6.07) is 20.5. The van der Waals surface area contributed by atoms with Crippen molar-refractivity contribution in [3.05, 3.63) is 71.8 Å². The van der Waals surface area contributed by atoms with Crippen LogP contribution in [-0.2, 0) is 10.2 Å². The number of benzene rings is 2. The molecular weight excluding hydrogens is 270 g/mol. The molecule has 1 aliphatic rings. The second-order valence-corrected chi connectivity index (χ2v) is 5.10.